The molecule has 5 aromatic carbocycles. The molecule has 0 aliphatic rings. The molecule has 3 aromatic heterocycles. The van der Waals surface area contributed by atoms with Gasteiger partial charge in [-0.1, -0.05) is 64.1 Å². The summed E-state index contributed by atoms with van der Waals surface area (Å²) >= 11 is 19.7. The van der Waals surface area contributed by atoms with Gasteiger partial charge in [-0.25, -0.2) is 23.4 Å². The highest BCUT2D eigenvalue weighted by atomic mass is 79.9. The summed E-state index contributed by atoms with van der Waals surface area (Å²) in [7, 11) is -3.44. The fourth-order valence-electron chi connectivity index (χ4n) is 4.64. The van der Waals surface area contributed by atoms with Crippen molar-refractivity contribution in [2.24, 2.45) is 0 Å². The molecule has 0 saturated carbocycles. The normalized spacial score (nSPS) is 10.9. The van der Waals surface area contributed by atoms with Crippen molar-refractivity contribution in [1.29, 1.82) is 0 Å². The van der Waals surface area contributed by atoms with Crippen LogP contribution in [0, 0.1) is 20.8 Å². The van der Waals surface area contributed by atoms with Crippen molar-refractivity contribution in [3.8, 4) is 0 Å². The van der Waals surface area contributed by atoms with Crippen LogP contribution in [-0.2, 0) is 9.84 Å². The molecule has 5 nitrogen and oxygen atoms in total. The maximum Gasteiger partial charge on any atom is 0.206 e. The van der Waals surface area contributed by atoms with E-state index >= 15 is 0 Å². The zero-order chi connectivity index (χ0) is 35.7. The number of rotatable bonds is 4. The van der Waals surface area contributed by atoms with Crippen LogP contribution in [0.5, 0.6) is 0 Å². The highest BCUT2D eigenvalue weighted by Gasteiger charge is 2.18. The fourth-order valence-corrected chi connectivity index (χ4v) is 10.1. The molecule has 0 bridgehead atoms. The van der Waals surface area contributed by atoms with Gasteiger partial charge in [-0.3, -0.25) is 0 Å². The van der Waals surface area contributed by atoms with E-state index in [1.807, 2.05) is 32.0 Å². The van der Waals surface area contributed by atoms with E-state index < -0.39 is 9.84 Å². The summed E-state index contributed by atoms with van der Waals surface area (Å²) in [5.74, 6) is 0. The summed E-state index contributed by atoms with van der Waals surface area (Å²) in [5, 5.41) is 3.38. The lowest BCUT2D eigenvalue weighted by Crippen LogP contribution is -2.01. The van der Waals surface area contributed by atoms with E-state index in [9.17, 15) is 8.42 Å². The van der Waals surface area contributed by atoms with Crippen molar-refractivity contribution in [2.45, 2.75) is 40.4 Å². The number of aromatic nitrogens is 3. The molecular formula is C37H30BrCl2N3O2S5. The second kappa shape index (κ2) is 18.1. The maximum absolute atomic E-state index is 12.5. The number of halogens is 3. The Labute approximate surface area is 326 Å². The molecule has 0 saturated heterocycles. The standard InChI is InChI=1S/C14H11NO2S2.C14H11NS2.C8H6BrNS.CH2Cl2/c1-10-15-13-8-7-12(9-14(13)18-10)19(16,17)11-5-3-2-4-6-11;1-10-15-13-8-7-12(9-14(13)16-10)17-11-5-3-2-4-6-11;1-5-10-7-3-2-6(9)4-8(7)11-5;2-1-3/h2-9H,1H3;2-9H,1H3;2-4H,1H3;1H2. The van der Waals surface area contributed by atoms with Gasteiger partial charge in [0.05, 0.1) is 60.8 Å². The average Bonchev–Trinajstić information content (AvgIpc) is 3.79. The number of hydrogen-bond acceptors (Lipinski definition) is 9. The molecule has 50 heavy (non-hydrogen) atoms. The van der Waals surface area contributed by atoms with Crippen molar-refractivity contribution in [2.75, 3.05) is 5.34 Å². The van der Waals surface area contributed by atoms with E-state index in [4.69, 9.17) is 23.2 Å². The van der Waals surface area contributed by atoms with E-state index in [0.29, 0.717) is 9.79 Å². The van der Waals surface area contributed by atoms with Crippen LogP contribution in [0.2, 0.25) is 0 Å². The number of sulfone groups is 1. The Balaban J connectivity index is 0.000000144. The average molecular weight is 860 g/mol. The first-order valence-corrected chi connectivity index (χ1v) is 21.6. The Kier molecular flexibility index (Phi) is 13.9. The van der Waals surface area contributed by atoms with Crippen molar-refractivity contribution >= 4 is 125 Å². The summed E-state index contributed by atoms with van der Waals surface area (Å²) in [6, 6.07) is 36.6. The summed E-state index contributed by atoms with van der Waals surface area (Å²) in [6.07, 6.45) is 0. The predicted molar refractivity (Wildman–Crippen MR) is 220 cm³/mol. The molecule has 0 spiro atoms. The monoisotopic (exact) mass is 857 g/mol. The van der Waals surface area contributed by atoms with Crippen LogP contribution in [-0.4, -0.2) is 28.7 Å². The van der Waals surface area contributed by atoms with Gasteiger partial charge in [0.25, 0.3) is 0 Å². The number of thiazole rings is 3. The quantitative estimate of drug-likeness (QED) is 0.164. The van der Waals surface area contributed by atoms with Gasteiger partial charge >= 0.3 is 0 Å². The third kappa shape index (κ3) is 10.4. The molecule has 3 heterocycles. The zero-order valence-electron chi connectivity index (χ0n) is 27.0. The van der Waals surface area contributed by atoms with Gasteiger partial charge in [0.1, 0.15) is 0 Å². The molecule has 0 radical (unpaired) electrons. The smallest absolute Gasteiger partial charge is 0.206 e. The lowest BCUT2D eigenvalue weighted by Gasteiger charge is -2.04. The largest absolute Gasteiger partial charge is 0.242 e. The molecule has 0 unspecified atom stereocenters. The summed E-state index contributed by atoms with van der Waals surface area (Å²) in [4.78, 5) is 16.3. The fraction of sp³-hybridized carbons (Fsp3) is 0.108. The van der Waals surface area contributed by atoms with Crippen LogP contribution in [0.1, 0.15) is 15.0 Å². The highest BCUT2D eigenvalue weighted by molar-refractivity contribution is 9.10. The Morgan fingerprint density at radius 3 is 1.60 bits per heavy atom. The second-order valence-corrected chi connectivity index (χ2v) is 18.9. The Morgan fingerprint density at radius 1 is 0.580 bits per heavy atom. The first-order chi connectivity index (χ1) is 24.0. The lowest BCUT2D eigenvalue weighted by molar-refractivity contribution is 0.596. The van der Waals surface area contributed by atoms with Crippen LogP contribution in [0.15, 0.2) is 139 Å². The van der Waals surface area contributed by atoms with Crippen LogP contribution >= 0.6 is 84.9 Å². The Morgan fingerprint density at radius 2 is 1.04 bits per heavy atom. The van der Waals surface area contributed by atoms with E-state index in [-0.39, 0.29) is 5.34 Å². The second-order valence-electron chi connectivity index (χ2n) is 10.4. The molecule has 0 aliphatic heterocycles. The molecule has 8 rings (SSSR count). The Bertz CT molecular complexity index is 2430. The van der Waals surface area contributed by atoms with Crippen molar-refractivity contribution in [3.63, 3.8) is 0 Å². The van der Waals surface area contributed by atoms with E-state index in [2.05, 4.69) is 86.3 Å². The third-order valence-electron chi connectivity index (χ3n) is 6.73. The molecule has 0 atom stereocenters. The SMILES string of the molecule is Cc1nc2ccc(Br)cc2s1.Cc1nc2ccc(S(=O)(=O)c3ccccc3)cc2s1.Cc1nc2ccc(Sc3ccccc3)cc2s1.ClCCl. The minimum absolute atomic E-state index is 0.194. The van der Waals surface area contributed by atoms with Crippen LogP contribution < -0.4 is 0 Å². The topological polar surface area (TPSA) is 72.8 Å². The number of hydrogen-bond donors (Lipinski definition) is 0. The molecule has 0 fully saturated rings. The lowest BCUT2D eigenvalue weighted by atomic mass is 10.3. The van der Waals surface area contributed by atoms with Gasteiger partial charge in [0, 0.05) is 14.3 Å². The number of alkyl halides is 2. The van der Waals surface area contributed by atoms with Gasteiger partial charge in [-0.15, -0.1) is 57.2 Å². The van der Waals surface area contributed by atoms with Gasteiger partial charge in [0.2, 0.25) is 9.84 Å². The summed E-state index contributed by atoms with van der Waals surface area (Å²) in [6.45, 7) is 5.99. The van der Waals surface area contributed by atoms with Crippen LogP contribution in [0.4, 0.5) is 0 Å². The van der Waals surface area contributed by atoms with Gasteiger partial charge in [0.15, 0.2) is 0 Å². The molecule has 0 amide bonds. The molecule has 256 valence electrons. The van der Waals surface area contributed by atoms with Crippen molar-refractivity contribution in [3.05, 3.63) is 135 Å². The first-order valence-electron chi connectivity index (χ1n) is 15.0. The first kappa shape index (κ1) is 38.4. The number of aryl methyl sites for hydroxylation is 3. The minimum atomic E-state index is -3.44. The number of fused-ring (bicyclic) bond motifs is 3. The highest BCUT2D eigenvalue weighted by Crippen LogP contribution is 2.32. The van der Waals surface area contributed by atoms with E-state index in [1.54, 1.807) is 83.0 Å². The van der Waals surface area contributed by atoms with Crippen molar-refractivity contribution < 1.29 is 8.42 Å². The number of nitrogens with zero attached hydrogens (tertiary/aromatic N) is 3. The molecular weight excluding hydrogens is 830 g/mol. The number of benzene rings is 5. The van der Waals surface area contributed by atoms with Gasteiger partial charge in [-0.2, -0.15) is 0 Å². The van der Waals surface area contributed by atoms with Crippen LogP contribution in [0.25, 0.3) is 30.6 Å². The molecule has 0 N–H and O–H groups in total. The molecule has 0 aliphatic carbocycles. The van der Waals surface area contributed by atoms with Gasteiger partial charge < -0.3 is 0 Å². The summed E-state index contributed by atoms with van der Waals surface area (Å²) in [5.41, 5.74) is 3.04. The predicted octanol–water partition coefficient (Wildman–Crippen LogP) is 13.0. The molecule has 13 heteroatoms. The van der Waals surface area contributed by atoms with Gasteiger partial charge in [-0.05, 0) is 99.6 Å². The maximum atomic E-state index is 12.5. The van der Waals surface area contributed by atoms with Crippen molar-refractivity contribution in [1.82, 2.24) is 15.0 Å². The zero-order valence-corrected chi connectivity index (χ0v) is 34.2. The minimum Gasteiger partial charge on any atom is -0.242 e. The molecule has 8 aromatic rings. The Hall–Kier alpha value is -2.87. The van der Waals surface area contributed by atoms with E-state index in [0.717, 1.165) is 40.7 Å². The van der Waals surface area contributed by atoms with E-state index in [1.165, 1.54) is 30.5 Å². The van der Waals surface area contributed by atoms with Crippen LogP contribution in [0.3, 0.4) is 0 Å². The summed E-state index contributed by atoms with van der Waals surface area (Å²) < 4.78 is 29.5. The third-order valence-corrected chi connectivity index (χ3v) is 12.8.